The number of amides is 1. The van der Waals surface area contributed by atoms with E-state index in [1.807, 2.05) is 36.4 Å². The van der Waals surface area contributed by atoms with Crippen molar-refractivity contribution < 1.29 is 9.53 Å². The van der Waals surface area contributed by atoms with Crippen LogP contribution in [0, 0.1) is 5.92 Å². The number of ether oxygens (including phenoxy) is 1. The molecular formula is C21H23NO2. The first kappa shape index (κ1) is 15.4. The zero-order valence-electron chi connectivity index (χ0n) is 13.7. The summed E-state index contributed by atoms with van der Waals surface area (Å²) >= 11 is 0. The average molecular weight is 321 g/mol. The summed E-state index contributed by atoms with van der Waals surface area (Å²) in [7, 11) is 0. The Kier molecular flexibility index (Phi) is 4.35. The van der Waals surface area contributed by atoms with Gasteiger partial charge in [-0.05, 0) is 24.0 Å². The fourth-order valence-electron chi connectivity index (χ4n) is 4.01. The van der Waals surface area contributed by atoms with Gasteiger partial charge in [-0.2, -0.15) is 0 Å². The van der Waals surface area contributed by atoms with E-state index in [4.69, 9.17) is 4.74 Å². The van der Waals surface area contributed by atoms with Crippen molar-refractivity contribution in [3.05, 3.63) is 71.8 Å². The van der Waals surface area contributed by atoms with Crippen molar-refractivity contribution in [2.45, 2.75) is 37.3 Å². The maximum Gasteiger partial charge on any atom is 0.221 e. The molecule has 2 aromatic carbocycles. The van der Waals surface area contributed by atoms with E-state index < -0.39 is 0 Å². The van der Waals surface area contributed by atoms with Crippen molar-refractivity contribution in [3.63, 3.8) is 0 Å². The molecule has 1 heterocycles. The molecule has 3 atom stereocenters. The highest BCUT2D eigenvalue weighted by atomic mass is 16.5. The van der Waals surface area contributed by atoms with Crippen molar-refractivity contribution in [2.75, 3.05) is 6.61 Å². The van der Waals surface area contributed by atoms with Crippen LogP contribution in [0.25, 0.3) is 0 Å². The molecule has 1 saturated carbocycles. The number of fused-ring (bicyclic) bond motifs is 1. The Hall–Kier alpha value is -2.13. The Morgan fingerprint density at radius 2 is 1.67 bits per heavy atom. The van der Waals surface area contributed by atoms with E-state index in [0.29, 0.717) is 24.5 Å². The van der Waals surface area contributed by atoms with Gasteiger partial charge in [-0.1, -0.05) is 60.7 Å². The van der Waals surface area contributed by atoms with E-state index in [2.05, 4.69) is 29.6 Å². The van der Waals surface area contributed by atoms with E-state index in [9.17, 15) is 4.79 Å². The molecule has 1 N–H and O–H groups in total. The first-order valence-corrected chi connectivity index (χ1v) is 8.82. The van der Waals surface area contributed by atoms with E-state index in [-0.39, 0.29) is 11.8 Å². The van der Waals surface area contributed by atoms with Gasteiger partial charge in [0.05, 0.1) is 6.10 Å². The smallest absolute Gasteiger partial charge is 0.221 e. The second kappa shape index (κ2) is 6.78. The molecule has 1 saturated heterocycles. The van der Waals surface area contributed by atoms with Gasteiger partial charge >= 0.3 is 0 Å². The van der Waals surface area contributed by atoms with Crippen molar-refractivity contribution in [1.82, 2.24) is 5.32 Å². The van der Waals surface area contributed by atoms with Gasteiger partial charge in [-0.25, -0.2) is 0 Å². The summed E-state index contributed by atoms with van der Waals surface area (Å²) in [5.41, 5.74) is 2.38. The Labute approximate surface area is 143 Å². The molecule has 1 amide bonds. The summed E-state index contributed by atoms with van der Waals surface area (Å²) < 4.78 is 5.63. The molecule has 3 nitrogen and oxygen atoms in total. The summed E-state index contributed by atoms with van der Waals surface area (Å²) in [6.07, 6.45) is 2.92. The lowest BCUT2D eigenvalue weighted by molar-refractivity contribution is -0.124. The third kappa shape index (κ3) is 3.09. The Morgan fingerprint density at radius 3 is 2.25 bits per heavy atom. The lowest BCUT2D eigenvalue weighted by Crippen LogP contribution is -2.53. The number of hydrogen-bond donors (Lipinski definition) is 1. The van der Waals surface area contributed by atoms with Crippen LogP contribution in [0.1, 0.15) is 36.3 Å². The monoisotopic (exact) mass is 321 g/mol. The first-order valence-electron chi connectivity index (χ1n) is 8.82. The Bertz CT molecular complexity index is 646. The van der Waals surface area contributed by atoms with Crippen LogP contribution in [0.3, 0.4) is 0 Å². The predicted molar refractivity (Wildman–Crippen MR) is 93.7 cm³/mol. The van der Waals surface area contributed by atoms with Crippen molar-refractivity contribution in [1.29, 1.82) is 0 Å². The molecule has 0 aromatic heterocycles. The van der Waals surface area contributed by atoms with Gasteiger partial charge in [0.15, 0.2) is 0 Å². The van der Waals surface area contributed by atoms with Crippen LogP contribution in [0.15, 0.2) is 60.7 Å². The zero-order chi connectivity index (χ0) is 16.4. The van der Waals surface area contributed by atoms with Gasteiger partial charge in [0.25, 0.3) is 0 Å². The van der Waals surface area contributed by atoms with Crippen LogP contribution in [0.4, 0.5) is 0 Å². The molecule has 3 heteroatoms. The minimum atomic E-state index is 0.100. The largest absolute Gasteiger partial charge is 0.378 e. The molecule has 124 valence electrons. The summed E-state index contributed by atoms with van der Waals surface area (Å²) in [6.45, 7) is 0.846. The fraction of sp³-hybridized carbons (Fsp3) is 0.381. The molecule has 1 aliphatic carbocycles. The van der Waals surface area contributed by atoms with E-state index in [1.165, 1.54) is 11.1 Å². The summed E-state index contributed by atoms with van der Waals surface area (Å²) in [4.78, 5) is 12.6. The summed E-state index contributed by atoms with van der Waals surface area (Å²) in [5.74, 6) is 0.770. The highest BCUT2D eigenvalue weighted by Crippen LogP contribution is 2.38. The van der Waals surface area contributed by atoms with Gasteiger partial charge in [0, 0.05) is 30.9 Å². The average Bonchev–Trinajstić information content (AvgIpc) is 3.00. The molecule has 0 radical (unpaired) electrons. The Morgan fingerprint density at radius 1 is 1.04 bits per heavy atom. The lowest BCUT2D eigenvalue weighted by Gasteiger charge is -2.39. The lowest BCUT2D eigenvalue weighted by atomic mass is 9.76. The van der Waals surface area contributed by atoms with E-state index >= 15 is 0 Å². The predicted octanol–water partition coefficient (Wildman–Crippen LogP) is 3.50. The number of carbonyl (C=O) groups is 1. The van der Waals surface area contributed by atoms with Crippen LogP contribution in [0.5, 0.6) is 0 Å². The van der Waals surface area contributed by atoms with Crippen LogP contribution in [0.2, 0.25) is 0 Å². The van der Waals surface area contributed by atoms with Crippen molar-refractivity contribution >= 4 is 5.91 Å². The minimum Gasteiger partial charge on any atom is -0.378 e. The van der Waals surface area contributed by atoms with Crippen LogP contribution in [-0.2, 0) is 9.53 Å². The van der Waals surface area contributed by atoms with Crippen molar-refractivity contribution in [3.8, 4) is 0 Å². The number of nitrogens with one attached hydrogen (secondary N) is 1. The molecule has 1 aliphatic heterocycles. The Balaban J connectivity index is 1.47. The van der Waals surface area contributed by atoms with Gasteiger partial charge in [-0.3, -0.25) is 4.79 Å². The van der Waals surface area contributed by atoms with Gasteiger partial charge in [0.1, 0.15) is 0 Å². The van der Waals surface area contributed by atoms with Crippen LogP contribution < -0.4 is 5.32 Å². The summed E-state index contributed by atoms with van der Waals surface area (Å²) in [5, 5.41) is 3.24. The molecule has 0 bridgehead atoms. The van der Waals surface area contributed by atoms with Crippen LogP contribution >= 0.6 is 0 Å². The zero-order valence-corrected chi connectivity index (χ0v) is 13.7. The second-order valence-corrected chi connectivity index (χ2v) is 6.85. The molecule has 0 unspecified atom stereocenters. The highest BCUT2D eigenvalue weighted by Gasteiger charge is 2.45. The van der Waals surface area contributed by atoms with Gasteiger partial charge in [-0.15, -0.1) is 0 Å². The van der Waals surface area contributed by atoms with E-state index in [1.54, 1.807) is 0 Å². The number of benzene rings is 2. The van der Waals surface area contributed by atoms with Gasteiger partial charge in [0.2, 0.25) is 5.91 Å². The normalized spacial score (nSPS) is 25.1. The standard InChI is InChI=1S/C21H23NO2/c23-21(22-19-14-20-17(19)11-12-24-20)13-18(15-7-3-1-4-8-15)16-9-5-2-6-10-16/h1-10,17-20H,11-14H2,(H,22,23)/t17-,19-,20+/m1/s1. The molecule has 2 aromatic rings. The number of rotatable bonds is 5. The van der Waals surface area contributed by atoms with Gasteiger partial charge < -0.3 is 10.1 Å². The molecule has 0 spiro atoms. The topological polar surface area (TPSA) is 38.3 Å². The number of hydrogen-bond acceptors (Lipinski definition) is 2. The quantitative estimate of drug-likeness (QED) is 0.915. The summed E-state index contributed by atoms with van der Waals surface area (Å²) in [6, 6.07) is 20.9. The molecule has 24 heavy (non-hydrogen) atoms. The van der Waals surface area contributed by atoms with Crippen molar-refractivity contribution in [2.24, 2.45) is 5.92 Å². The maximum absolute atomic E-state index is 12.6. The SMILES string of the molecule is O=C(CC(c1ccccc1)c1ccccc1)N[C@@H]1C[C@@H]2OCC[C@@H]21. The third-order valence-corrected chi connectivity index (χ3v) is 5.40. The minimum absolute atomic E-state index is 0.100. The van der Waals surface area contributed by atoms with E-state index in [0.717, 1.165) is 19.4 Å². The fourth-order valence-corrected chi connectivity index (χ4v) is 4.01. The maximum atomic E-state index is 12.6. The second-order valence-electron chi connectivity index (χ2n) is 6.85. The first-order chi connectivity index (χ1) is 11.8. The molecule has 2 fully saturated rings. The molecule has 4 rings (SSSR count). The molecular weight excluding hydrogens is 298 g/mol. The highest BCUT2D eigenvalue weighted by molar-refractivity contribution is 5.78. The molecule has 2 aliphatic rings. The van der Waals surface area contributed by atoms with Crippen LogP contribution in [-0.4, -0.2) is 24.7 Å². The number of carbonyl (C=O) groups excluding carboxylic acids is 1. The third-order valence-electron chi connectivity index (χ3n) is 5.40.